The summed E-state index contributed by atoms with van der Waals surface area (Å²) in [6, 6.07) is 7.01. The van der Waals surface area contributed by atoms with Crippen LogP contribution in [0.2, 0.25) is 5.02 Å². The average Bonchev–Trinajstić information content (AvgIpc) is 2.93. The first-order chi connectivity index (χ1) is 18.7. The van der Waals surface area contributed by atoms with Crippen molar-refractivity contribution in [1.82, 2.24) is 24.3 Å². The van der Waals surface area contributed by atoms with Gasteiger partial charge in [-0.1, -0.05) is 11.6 Å². The van der Waals surface area contributed by atoms with E-state index in [1.54, 1.807) is 24.8 Å². The summed E-state index contributed by atoms with van der Waals surface area (Å²) in [4.78, 5) is 51.7. The molecule has 2 aliphatic heterocycles. The molecule has 39 heavy (non-hydrogen) atoms. The Morgan fingerprint density at radius 2 is 2.00 bits per heavy atom. The van der Waals surface area contributed by atoms with E-state index in [-0.39, 0.29) is 24.1 Å². The molecule has 11 nitrogen and oxygen atoms in total. The Bertz CT molecular complexity index is 1480. The summed E-state index contributed by atoms with van der Waals surface area (Å²) in [6.07, 6.45) is 1.58. The van der Waals surface area contributed by atoms with Crippen LogP contribution in [0, 0.1) is 0 Å². The number of carbonyl (C=O) groups is 2. The Morgan fingerprint density at radius 3 is 2.72 bits per heavy atom. The Morgan fingerprint density at radius 1 is 1.23 bits per heavy atom. The molecule has 1 aromatic carbocycles. The van der Waals surface area contributed by atoms with E-state index in [0.717, 1.165) is 10.4 Å². The number of pyridine rings is 1. The molecule has 0 saturated carbocycles. The van der Waals surface area contributed by atoms with Crippen molar-refractivity contribution in [3.63, 3.8) is 0 Å². The topological polar surface area (TPSA) is 121 Å². The minimum absolute atomic E-state index is 0.0407. The predicted molar refractivity (Wildman–Crippen MR) is 149 cm³/mol. The molecule has 13 heteroatoms. The van der Waals surface area contributed by atoms with Crippen LogP contribution in [-0.2, 0) is 17.9 Å². The van der Waals surface area contributed by atoms with Crippen LogP contribution >= 0.6 is 23.4 Å². The number of hydrogen-bond acceptors (Lipinski definition) is 8. The second kappa shape index (κ2) is 11.4. The number of aromatic nitrogens is 3. The van der Waals surface area contributed by atoms with Crippen LogP contribution in [0.25, 0.3) is 11.0 Å². The van der Waals surface area contributed by atoms with Crippen molar-refractivity contribution in [1.29, 1.82) is 0 Å². The molecule has 0 unspecified atom stereocenters. The van der Waals surface area contributed by atoms with Gasteiger partial charge in [0.25, 0.3) is 5.56 Å². The van der Waals surface area contributed by atoms with Gasteiger partial charge in [0, 0.05) is 45.3 Å². The van der Waals surface area contributed by atoms with Crippen LogP contribution in [0.15, 0.2) is 40.2 Å². The third-order valence-electron chi connectivity index (χ3n) is 7.29. The molecular weight excluding hydrogens is 544 g/mol. The number of anilines is 1. The number of fused-ring (bicyclic) bond motifs is 2. The Hall–Kier alpha value is -3.35. The van der Waals surface area contributed by atoms with Crippen molar-refractivity contribution in [2.75, 3.05) is 44.4 Å². The number of halogens is 1. The molecule has 0 aliphatic carbocycles. The number of nitrogens with zero attached hydrogens (tertiary/aromatic N) is 6. The van der Waals surface area contributed by atoms with Crippen LogP contribution in [0.5, 0.6) is 5.75 Å². The molecule has 206 valence electrons. The largest absolute Gasteiger partial charge is 0.497 e. The van der Waals surface area contributed by atoms with Gasteiger partial charge in [-0.2, -0.15) is 0 Å². The second-order valence-corrected chi connectivity index (χ2v) is 11.0. The van der Waals surface area contributed by atoms with Gasteiger partial charge in [0.15, 0.2) is 0 Å². The minimum atomic E-state index is -1.04. The zero-order valence-electron chi connectivity index (χ0n) is 21.7. The first-order valence-electron chi connectivity index (χ1n) is 12.6. The van der Waals surface area contributed by atoms with Crippen molar-refractivity contribution < 1.29 is 19.4 Å². The van der Waals surface area contributed by atoms with E-state index in [0.29, 0.717) is 72.6 Å². The number of methoxy groups -OCH3 is 1. The fourth-order valence-corrected chi connectivity index (χ4v) is 6.28. The number of rotatable bonds is 7. The highest BCUT2D eigenvalue weighted by atomic mass is 35.5. The smallest absolute Gasteiger partial charge is 0.407 e. The van der Waals surface area contributed by atoms with E-state index in [4.69, 9.17) is 16.3 Å². The quantitative estimate of drug-likeness (QED) is 0.455. The molecule has 1 saturated heterocycles. The molecule has 2 amide bonds. The summed E-state index contributed by atoms with van der Waals surface area (Å²) >= 11 is 7.86. The summed E-state index contributed by atoms with van der Waals surface area (Å²) < 4.78 is 7.01. The molecule has 1 fully saturated rings. The molecule has 0 atom stereocenters. The molecule has 4 heterocycles. The number of piperidine rings is 1. The van der Waals surface area contributed by atoms with E-state index in [1.807, 2.05) is 18.2 Å². The van der Waals surface area contributed by atoms with Gasteiger partial charge in [-0.15, -0.1) is 11.8 Å². The molecule has 0 bridgehead atoms. The highest BCUT2D eigenvalue weighted by Gasteiger charge is 2.30. The van der Waals surface area contributed by atoms with Crippen molar-refractivity contribution in [2.24, 2.45) is 0 Å². The molecule has 1 N–H and O–H groups in total. The van der Waals surface area contributed by atoms with Crippen molar-refractivity contribution >= 4 is 52.2 Å². The number of benzene rings is 1. The Balaban J connectivity index is 1.24. The number of thioether (sulfide) groups is 1. The van der Waals surface area contributed by atoms with E-state index in [2.05, 4.69) is 14.9 Å². The molecular formula is C26H29ClN6O5S. The van der Waals surface area contributed by atoms with Crippen LogP contribution in [-0.4, -0.2) is 87.0 Å². The van der Waals surface area contributed by atoms with E-state index < -0.39 is 6.09 Å². The lowest BCUT2D eigenvalue weighted by molar-refractivity contribution is -0.116. The summed E-state index contributed by atoms with van der Waals surface area (Å²) in [5, 5.41) is 10.4. The van der Waals surface area contributed by atoms with Crippen molar-refractivity contribution in [2.45, 2.75) is 36.9 Å². The van der Waals surface area contributed by atoms with Gasteiger partial charge >= 0.3 is 6.09 Å². The van der Waals surface area contributed by atoms with E-state index in [1.165, 1.54) is 27.8 Å². The third-order valence-corrected chi connectivity index (χ3v) is 8.62. The van der Waals surface area contributed by atoms with Gasteiger partial charge in [-0.3, -0.25) is 19.4 Å². The molecule has 2 aromatic heterocycles. The number of ether oxygens (including phenoxy) is 1. The monoisotopic (exact) mass is 572 g/mol. The summed E-state index contributed by atoms with van der Waals surface area (Å²) in [5.41, 5.74) is 1.69. The highest BCUT2D eigenvalue weighted by molar-refractivity contribution is 8.00. The van der Waals surface area contributed by atoms with Gasteiger partial charge in [0.2, 0.25) is 5.91 Å². The third kappa shape index (κ3) is 5.68. The maximum Gasteiger partial charge on any atom is 0.407 e. The average molecular weight is 573 g/mol. The fourth-order valence-electron chi connectivity index (χ4n) is 5.02. The molecule has 0 radical (unpaired) electrons. The lowest BCUT2D eigenvalue weighted by Crippen LogP contribution is -2.47. The number of amides is 2. The van der Waals surface area contributed by atoms with Crippen molar-refractivity contribution in [3.05, 3.63) is 51.5 Å². The van der Waals surface area contributed by atoms with Gasteiger partial charge in [-0.05, 0) is 31.0 Å². The maximum absolute atomic E-state index is 12.6. The number of likely N-dealkylation sites (tertiary alicyclic amines) is 1. The van der Waals surface area contributed by atoms with Gasteiger partial charge in [0.1, 0.15) is 11.6 Å². The molecule has 0 spiro atoms. The van der Waals surface area contributed by atoms with Crippen LogP contribution in [0.4, 0.5) is 10.6 Å². The molecule has 5 rings (SSSR count). The fraction of sp³-hybridized carbons (Fsp3) is 0.423. The number of carboxylic acid groups (broad SMARTS) is 1. The maximum atomic E-state index is 12.6. The predicted octanol–water partition coefficient (Wildman–Crippen LogP) is 3.17. The normalized spacial score (nSPS) is 16.4. The number of hydrogen-bond donors (Lipinski definition) is 1. The molecule has 3 aromatic rings. The van der Waals surface area contributed by atoms with Crippen LogP contribution in [0.1, 0.15) is 18.5 Å². The highest BCUT2D eigenvalue weighted by Crippen LogP contribution is 2.36. The summed E-state index contributed by atoms with van der Waals surface area (Å²) in [5.74, 6) is 1.42. The molecule has 2 aliphatic rings. The minimum Gasteiger partial charge on any atom is -0.497 e. The number of carbonyl (C=O) groups excluding carboxylic acids is 1. The van der Waals surface area contributed by atoms with E-state index in [9.17, 15) is 19.5 Å². The Kier molecular flexibility index (Phi) is 7.96. The second-order valence-electron chi connectivity index (χ2n) is 9.57. The first kappa shape index (κ1) is 27.2. The summed E-state index contributed by atoms with van der Waals surface area (Å²) in [6.45, 7) is 2.55. The first-order valence-corrected chi connectivity index (χ1v) is 14.0. The van der Waals surface area contributed by atoms with Gasteiger partial charge in [-0.25, -0.2) is 14.8 Å². The lowest BCUT2D eigenvalue weighted by Gasteiger charge is -2.37. The SMILES string of the molecule is COc1ccc2ncc(=O)n(CCN3CCC(N(Cc4nc5c(cc4Cl)SCC(=O)N5C)C(=O)O)CC3)c2c1. The van der Waals surface area contributed by atoms with Gasteiger partial charge in [0.05, 0.1) is 52.2 Å². The zero-order chi connectivity index (χ0) is 27.7. The summed E-state index contributed by atoms with van der Waals surface area (Å²) in [7, 11) is 3.24. The lowest BCUT2D eigenvalue weighted by atomic mass is 10.0. The van der Waals surface area contributed by atoms with Crippen molar-refractivity contribution in [3.8, 4) is 5.75 Å². The van der Waals surface area contributed by atoms with Crippen LogP contribution in [0.3, 0.4) is 0 Å². The standard InChI is InChI=1S/C26H29ClN6O5S/c1-30-24(35)15-39-22-12-18(27)20(29-25(22)30)14-33(26(36)37)16-5-7-31(8-6-16)9-10-32-21-11-17(38-2)3-4-19(21)28-13-23(32)34/h3-4,11-13,16H,5-10,14-15H2,1-2H3,(H,36,37). The van der Waals surface area contributed by atoms with Gasteiger partial charge < -0.3 is 19.3 Å². The van der Waals surface area contributed by atoms with E-state index >= 15 is 0 Å². The zero-order valence-corrected chi connectivity index (χ0v) is 23.2. The van der Waals surface area contributed by atoms with Crippen LogP contribution < -0.4 is 15.2 Å². The Labute approximate surface area is 234 Å².